The van der Waals surface area contributed by atoms with Crippen molar-refractivity contribution in [2.45, 2.75) is 70.8 Å². The predicted molar refractivity (Wildman–Crippen MR) is 223 cm³/mol. The maximum Gasteiger partial charge on any atom is 0.455 e. The van der Waals surface area contributed by atoms with E-state index in [0.29, 0.717) is 30.0 Å². The summed E-state index contributed by atoms with van der Waals surface area (Å²) in [6, 6.07) is 35.1. The Bertz CT molecular complexity index is 2050. The first-order valence-electron chi connectivity index (χ1n) is 19.3. The Kier molecular flexibility index (Phi) is 11.4. The van der Waals surface area contributed by atoms with Gasteiger partial charge in [-0.15, -0.1) is 0 Å². The van der Waals surface area contributed by atoms with Crippen LogP contribution >= 0.6 is 11.6 Å². The number of aromatic hydroxyl groups is 1. The number of nitrogens with zero attached hydrogens (tertiary/aromatic N) is 1. The van der Waals surface area contributed by atoms with Gasteiger partial charge in [-0.3, -0.25) is 14.5 Å². The minimum absolute atomic E-state index is 0.108. The molecule has 2 N–H and O–H groups in total. The first-order chi connectivity index (χ1) is 26.4. The van der Waals surface area contributed by atoms with Gasteiger partial charge in [-0.2, -0.15) is 0 Å². The highest BCUT2D eigenvalue weighted by atomic mass is 35.5. The van der Waals surface area contributed by atoms with Gasteiger partial charge >= 0.3 is 7.12 Å². The van der Waals surface area contributed by atoms with E-state index in [-0.39, 0.29) is 35.5 Å². The molecule has 7 nitrogen and oxygen atoms in total. The zero-order valence-electron chi connectivity index (χ0n) is 32.0. The zero-order chi connectivity index (χ0) is 38.9. The van der Waals surface area contributed by atoms with E-state index in [0.717, 1.165) is 39.1 Å². The average molecular weight is 774 g/mol. The number of carbonyl (C=O) groups excluding carboxylic acids is 2. The van der Waals surface area contributed by atoms with Gasteiger partial charge in [0.15, 0.2) is 0 Å². The number of amides is 2. The third kappa shape index (κ3) is 7.53. The molecule has 4 atom stereocenters. The molecule has 1 aliphatic carbocycles. The summed E-state index contributed by atoms with van der Waals surface area (Å²) in [5, 5.41) is 23.7. The van der Waals surface area contributed by atoms with Crippen LogP contribution < -0.4 is 15.3 Å². The molecule has 0 bridgehead atoms. The van der Waals surface area contributed by atoms with E-state index in [1.807, 2.05) is 36.4 Å². The molecule has 2 amide bonds. The summed E-state index contributed by atoms with van der Waals surface area (Å²) in [7, 11) is -4.07. The highest BCUT2D eigenvalue weighted by molar-refractivity contribution is 6.99. The maximum absolute atomic E-state index is 14.4. The summed E-state index contributed by atoms with van der Waals surface area (Å²) in [6.45, 7) is 9.10. The van der Waals surface area contributed by atoms with Crippen molar-refractivity contribution >= 4 is 61.0 Å². The molecule has 2 heterocycles. The fourth-order valence-corrected chi connectivity index (χ4v) is 14.0. The normalized spacial score (nSPS) is 21.9. The van der Waals surface area contributed by atoms with Crippen LogP contribution in [-0.2, 0) is 18.7 Å². The van der Waals surface area contributed by atoms with Crippen molar-refractivity contribution in [1.82, 2.24) is 0 Å². The van der Waals surface area contributed by atoms with Crippen LogP contribution in [0.1, 0.15) is 58.9 Å². The molecule has 0 saturated carbocycles. The van der Waals surface area contributed by atoms with Gasteiger partial charge in [0.25, 0.3) is 8.32 Å². The number of phenolic OH excluding ortho intramolecular Hbond substituents is 1. The highest BCUT2D eigenvalue weighted by Gasteiger charge is 2.58. The molecule has 0 radical (unpaired) electrons. The predicted octanol–water partition coefficient (Wildman–Crippen LogP) is 8.20. The van der Waals surface area contributed by atoms with E-state index in [1.54, 1.807) is 24.3 Å². The van der Waals surface area contributed by atoms with Crippen LogP contribution in [0.5, 0.6) is 5.75 Å². The fourth-order valence-electron chi connectivity index (χ4n) is 9.21. The molecule has 10 heteroatoms. The Balaban J connectivity index is 1.31. The lowest BCUT2D eigenvalue weighted by atomic mass is 9.58. The van der Waals surface area contributed by atoms with E-state index in [9.17, 15) is 19.7 Å². The SMILES string of the molecule is CC/C(=C\c1ccc(O)cc1Cl)CC[C@H]1OB(O)C[C@H]2C1=C(CO[Si](c1ccccc1)(c1ccccc1)C(C)(C)C)C[C@H]1C(=O)N(c3ccccc3)C(=O)[C@H]12. The summed E-state index contributed by atoms with van der Waals surface area (Å²) < 4.78 is 13.9. The number of halogens is 1. The molecule has 4 aromatic carbocycles. The molecule has 284 valence electrons. The number of imide groups is 1. The van der Waals surface area contributed by atoms with Gasteiger partial charge in [-0.1, -0.05) is 130 Å². The van der Waals surface area contributed by atoms with Crippen LogP contribution in [0.25, 0.3) is 6.08 Å². The fraction of sp³-hybridized carbons (Fsp3) is 0.333. The molecule has 7 rings (SSSR count). The Morgan fingerprint density at radius 2 is 1.55 bits per heavy atom. The van der Waals surface area contributed by atoms with Crippen LogP contribution in [-0.4, -0.2) is 50.1 Å². The monoisotopic (exact) mass is 773 g/mol. The first kappa shape index (κ1) is 39.0. The first-order valence-corrected chi connectivity index (χ1v) is 21.6. The van der Waals surface area contributed by atoms with E-state index >= 15 is 0 Å². The van der Waals surface area contributed by atoms with Crippen molar-refractivity contribution in [3.05, 3.63) is 137 Å². The number of carbonyl (C=O) groups is 2. The van der Waals surface area contributed by atoms with E-state index < -0.39 is 39.3 Å². The second-order valence-corrected chi connectivity index (χ2v) is 20.7. The average Bonchev–Trinajstić information content (AvgIpc) is 3.43. The van der Waals surface area contributed by atoms with Crippen LogP contribution in [0.3, 0.4) is 0 Å². The summed E-state index contributed by atoms with van der Waals surface area (Å²) >= 11 is 6.49. The van der Waals surface area contributed by atoms with Crippen LogP contribution in [0.15, 0.2) is 126 Å². The van der Waals surface area contributed by atoms with E-state index in [2.05, 4.69) is 76.2 Å². The summed E-state index contributed by atoms with van der Waals surface area (Å²) in [6.07, 6.45) is 4.13. The molecule has 4 aromatic rings. The van der Waals surface area contributed by atoms with Gasteiger partial charge in [0.2, 0.25) is 11.8 Å². The zero-order valence-corrected chi connectivity index (χ0v) is 33.7. The number of anilines is 1. The Morgan fingerprint density at radius 3 is 2.13 bits per heavy atom. The smallest absolute Gasteiger partial charge is 0.455 e. The van der Waals surface area contributed by atoms with Crippen LogP contribution in [0.2, 0.25) is 16.4 Å². The lowest BCUT2D eigenvalue weighted by molar-refractivity contribution is -0.122. The van der Waals surface area contributed by atoms with Crippen molar-refractivity contribution in [2.24, 2.45) is 17.8 Å². The number of rotatable bonds is 11. The van der Waals surface area contributed by atoms with E-state index in [1.165, 1.54) is 11.0 Å². The van der Waals surface area contributed by atoms with Gasteiger partial charge in [0.05, 0.1) is 35.3 Å². The molecule has 2 aliphatic heterocycles. The second kappa shape index (κ2) is 16.1. The Hall–Kier alpha value is -4.25. The molecule has 0 spiro atoms. The third-order valence-corrected chi connectivity index (χ3v) is 17.0. The third-order valence-electron chi connectivity index (χ3n) is 11.7. The summed E-state index contributed by atoms with van der Waals surface area (Å²) in [5.74, 6) is -1.90. The second-order valence-electron chi connectivity index (χ2n) is 16.0. The van der Waals surface area contributed by atoms with Gasteiger partial charge in [0, 0.05) is 0 Å². The minimum atomic E-state index is -2.98. The van der Waals surface area contributed by atoms with Gasteiger partial charge in [-0.25, -0.2) is 0 Å². The van der Waals surface area contributed by atoms with Crippen molar-refractivity contribution in [2.75, 3.05) is 11.5 Å². The summed E-state index contributed by atoms with van der Waals surface area (Å²) in [5.41, 5.74) is 4.48. The van der Waals surface area contributed by atoms with Crippen molar-refractivity contribution in [3.63, 3.8) is 0 Å². The van der Waals surface area contributed by atoms with Crippen LogP contribution in [0.4, 0.5) is 5.69 Å². The van der Waals surface area contributed by atoms with Gasteiger partial charge in [-0.05, 0) is 100 Å². The molecular weight excluding hydrogens is 725 g/mol. The van der Waals surface area contributed by atoms with Crippen molar-refractivity contribution < 1.29 is 28.8 Å². The minimum Gasteiger partial charge on any atom is -0.508 e. The number of hydrogen-bond acceptors (Lipinski definition) is 6. The topological polar surface area (TPSA) is 96.3 Å². The molecule has 2 fully saturated rings. The number of phenols is 1. The summed E-state index contributed by atoms with van der Waals surface area (Å²) in [4.78, 5) is 30.1. The molecule has 55 heavy (non-hydrogen) atoms. The van der Waals surface area contributed by atoms with Crippen molar-refractivity contribution in [1.29, 1.82) is 0 Å². The molecule has 3 aliphatic rings. The maximum atomic E-state index is 14.4. The Labute approximate surface area is 330 Å². The van der Waals surface area contributed by atoms with Gasteiger partial charge < -0.3 is 19.2 Å². The molecular formula is C45H49BClNO6Si. The number of fused-ring (bicyclic) bond motifs is 3. The Morgan fingerprint density at radius 1 is 0.927 bits per heavy atom. The lowest BCUT2D eigenvalue weighted by Crippen LogP contribution is -2.66. The van der Waals surface area contributed by atoms with Crippen molar-refractivity contribution in [3.8, 4) is 5.75 Å². The lowest BCUT2D eigenvalue weighted by Gasteiger charge is -2.46. The van der Waals surface area contributed by atoms with Crippen LogP contribution in [0, 0.1) is 17.8 Å². The standard InChI is InChI=1S/C45H49BClNO6Si/c1-5-30(25-31-22-23-34(49)27-39(31)47)21-24-40-41-32(29-53-55(45(2,3)4,35-17-11-7-12-18-35)36-19-13-8-14-20-36)26-37-42(38(41)28-46(52)54-40)44(51)48(43(37)50)33-15-9-6-10-16-33/h6-20,22-23,25,27,37-38,40,42,49,52H,5,21,24,26,28-29H2,1-4H3/b30-25+/t37-,38+,40-,42-/m1/s1. The molecule has 2 saturated heterocycles. The quantitative estimate of drug-likeness (QED) is 0.0907. The molecule has 0 aromatic heterocycles. The van der Waals surface area contributed by atoms with Gasteiger partial charge in [0.1, 0.15) is 5.75 Å². The highest BCUT2D eigenvalue weighted by Crippen LogP contribution is 2.52. The van der Waals surface area contributed by atoms with E-state index in [4.69, 9.17) is 20.7 Å². The number of hydrogen-bond donors (Lipinski definition) is 2. The number of allylic oxidation sites excluding steroid dienone is 1. The largest absolute Gasteiger partial charge is 0.508 e. The molecule has 0 unspecified atom stereocenters. The number of benzene rings is 4. The number of para-hydroxylation sites is 1.